The van der Waals surface area contributed by atoms with E-state index in [9.17, 15) is 14.4 Å². The average molecular weight is 270 g/mol. The molecule has 1 aliphatic carbocycles. The number of carboxylic acids is 1. The smallest absolute Gasteiger partial charge is 0.306 e. The number of carbonyl (C=O) groups is 2. The molecule has 0 radical (unpaired) electrons. The van der Waals surface area contributed by atoms with Crippen LogP contribution in [-0.2, 0) is 16.1 Å². The molecule has 18 heavy (non-hydrogen) atoms. The summed E-state index contributed by atoms with van der Waals surface area (Å²) in [5.74, 6) is -1.59. The quantitative estimate of drug-likeness (QED) is 0.744. The zero-order valence-corrected chi connectivity index (χ0v) is 10.5. The molecule has 0 aromatic carbocycles. The molecule has 3 N–H and O–H groups in total. The number of amides is 1. The lowest BCUT2D eigenvalue weighted by molar-refractivity contribution is -0.141. The average Bonchev–Trinajstić information content (AvgIpc) is 2.94. The fraction of sp³-hybridized carbons (Fsp3) is 0.545. The fourth-order valence-electron chi connectivity index (χ4n) is 2.17. The van der Waals surface area contributed by atoms with Gasteiger partial charge in [-0.25, -0.2) is 0 Å². The molecule has 1 aromatic heterocycles. The van der Waals surface area contributed by atoms with Gasteiger partial charge in [0.25, 0.3) is 0 Å². The van der Waals surface area contributed by atoms with Gasteiger partial charge < -0.3 is 15.4 Å². The molecule has 0 saturated heterocycles. The van der Waals surface area contributed by atoms with Crippen LogP contribution >= 0.6 is 11.3 Å². The summed E-state index contributed by atoms with van der Waals surface area (Å²) in [6, 6.07) is 0. The third kappa shape index (κ3) is 2.98. The number of aliphatic carboxylic acids is 1. The first kappa shape index (κ1) is 12.8. The highest BCUT2D eigenvalue weighted by Gasteiger charge is 2.33. The van der Waals surface area contributed by atoms with Crippen LogP contribution in [0.2, 0.25) is 0 Å². The molecule has 1 aliphatic rings. The maximum absolute atomic E-state index is 11.8. The second-order valence-corrected chi connectivity index (χ2v) is 5.28. The predicted octanol–water partition coefficient (Wildman–Crippen LogP) is 0.553. The Balaban J connectivity index is 1.82. The van der Waals surface area contributed by atoms with Crippen molar-refractivity contribution in [3.63, 3.8) is 0 Å². The van der Waals surface area contributed by atoms with Gasteiger partial charge in [-0.3, -0.25) is 14.4 Å². The molecule has 6 nitrogen and oxygen atoms in total. The number of hydrogen-bond acceptors (Lipinski definition) is 4. The van der Waals surface area contributed by atoms with E-state index < -0.39 is 11.9 Å². The van der Waals surface area contributed by atoms with E-state index in [-0.39, 0.29) is 23.2 Å². The Bertz CT molecular complexity index is 507. The van der Waals surface area contributed by atoms with E-state index in [1.165, 1.54) is 0 Å². The van der Waals surface area contributed by atoms with Gasteiger partial charge in [0, 0.05) is 17.0 Å². The van der Waals surface area contributed by atoms with E-state index in [0.29, 0.717) is 25.0 Å². The Hall–Kier alpha value is -1.63. The third-order valence-electron chi connectivity index (χ3n) is 3.18. The first-order valence-electron chi connectivity index (χ1n) is 5.73. The van der Waals surface area contributed by atoms with E-state index in [1.807, 2.05) is 0 Å². The summed E-state index contributed by atoms with van der Waals surface area (Å²) in [6.07, 6.45) is 1.58. The van der Waals surface area contributed by atoms with Crippen molar-refractivity contribution in [3.05, 3.63) is 20.7 Å². The number of rotatable bonds is 4. The maximum Gasteiger partial charge on any atom is 0.306 e. The second-order valence-electron chi connectivity index (χ2n) is 4.44. The molecule has 2 atom stereocenters. The predicted molar refractivity (Wildman–Crippen MR) is 65.3 cm³/mol. The number of carbonyl (C=O) groups excluding carboxylic acids is 1. The third-order valence-corrected chi connectivity index (χ3v) is 3.90. The Morgan fingerprint density at radius 2 is 2.17 bits per heavy atom. The van der Waals surface area contributed by atoms with Gasteiger partial charge in [-0.05, 0) is 19.3 Å². The highest BCUT2D eigenvalue weighted by molar-refractivity contribution is 7.07. The molecule has 98 valence electrons. The summed E-state index contributed by atoms with van der Waals surface area (Å²) >= 11 is 1.05. The van der Waals surface area contributed by atoms with E-state index >= 15 is 0 Å². The molecule has 7 heteroatoms. The van der Waals surface area contributed by atoms with E-state index in [0.717, 1.165) is 11.3 Å². The Morgan fingerprint density at radius 1 is 1.44 bits per heavy atom. The van der Waals surface area contributed by atoms with Crippen molar-refractivity contribution in [2.24, 2.45) is 11.8 Å². The number of nitrogens with one attached hydrogen (secondary N) is 2. The lowest BCUT2D eigenvalue weighted by Crippen LogP contribution is -2.29. The molecule has 0 aliphatic heterocycles. The fourth-order valence-corrected chi connectivity index (χ4v) is 2.75. The van der Waals surface area contributed by atoms with Gasteiger partial charge >= 0.3 is 10.8 Å². The van der Waals surface area contributed by atoms with Crippen LogP contribution in [0.25, 0.3) is 0 Å². The SMILES string of the molecule is O=C(O)C1CCC(C(=O)NCc2csc(=O)[nH]2)C1. The minimum absolute atomic E-state index is 0.134. The maximum atomic E-state index is 11.8. The van der Waals surface area contributed by atoms with Crippen molar-refractivity contribution in [3.8, 4) is 0 Å². The first-order valence-corrected chi connectivity index (χ1v) is 6.61. The molecule has 1 fully saturated rings. The van der Waals surface area contributed by atoms with Gasteiger partial charge in [0.05, 0.1) is 12.5 Å². The van der Waals surface area contributed by atoms with Gasteiger partial charge in [-0.15, -0.1) is 0 Å². The van der Waals surface area contributed by atoms with Crippen molar-refractivity contribution in [1.82, 2.24) is 10.3 Å². The normalized spacial score (nSPS) is 22.9. The zero-order valence-electron chi connectivity index (χ0n) is 9.64. The molecule has 1 saturated carbocycles. The second kappa shape index (κ2) is 5.34. The van der Waals surface area contributed by atoms with E-state index in [1.54, 1.807) is 5.38 Å². The molecular weight excluding hydrogens is 256 g/mol. The Labute approximate surface area is 107 Å². The van der Waals surface area contributed by atoms with E-state index in [2.05, 4.69) is 10.3 Å². The lowest BCUT2D eigenvalue weighted by atomic mass is 10.0. The molecule has 0 spiro atoms. The van der Waals surface area contributed by atoms with Gasteiger partial charge in [0.15, 0.2) is 0 Å². The van der Waals surface area contributed by atoms with Crippen LogP contribution in [0, 0.1) is 11.8 Å². The monoisotopic (exact) mass is 270 g/mol. The topological polar surface area (TPSA) is 99.3 Å². The molecular formula is C11H14N2O4S. The van der Waals surface area contributed by atoms with Gasteiger partial charge in [0.1, 0.15) is 0 Å². The molecule has 1 heterocycles. The number of aromatic amines is 1. The van der Waals surface area contributed by atoms with Crippen LogP contribution in [0.1, 0.15) is 25.0 Å². The largest absolute Gasteiger partial charge is 0.481 e. The summed E-state index contributed by atoms with van der Waals surface area (Å²) in [4.78, 5) is 35.9. The van der Waals surface area contributed by atoms with Crippen LogP contribution in [0.5, 0.6) is 0 Å². The number of hydrogen-bond donors (Lipinski definition) is 3. The summed E-state index contributed by atoms with van der Waals surface area (Å²) in [7, 11) is 0. The Morgan fingerprint density at radius 3 is 2.72 bits per heavy atom. The summed E-state index contributed by atoms with van der Waals surface area (Å²) in [5, 5.41) is 13.2. The highest BCUT2D eigenvalue weighted by Crippen LogP contribution is 2.31. The van der Waals surface area contributed by atoms with Crippen LogP contribution in [0.3, 0.4) is 0 Å². The molecule has 2 unspecified atom stereocenters. The van der Waals surface area contributed by atoms with Crippen LogP contribution in [-0.4, -0.2) is 22.0 Å². The lowest BCUT2D eigenvalue weighted by Gasteiger charge is -2.09. The molecule has 2 rings (SSSR count). The van der Waals surface area contributed by atoms with Crippen molar-refractivity contribution >= 4 is 23.2 Å². The highest BCUT2D eigenvalue weighted by atomic mass is 32.1. The molecule has 1 aromatic rings. The van der Waals surface area contributed by atoms with Crippen LogP contribution in [0.4, 0.5) is 0 Å². The Kier molecular flexibility index (Phi) is 3.81. The van der Waals surface area contributed by atoms with Crippen LogP contribution < -0.4 is 10.2 Å². The standard InChI is InChI=1S/C11H14N2O4S/c14-9(6-1-2-7(3-6)10(15)16)12-4-8-5-18-11(17)13-8/h5-7H,1-4H2,(H,12,14)(H,13,17)(H,15,16). The first-order chi connectivity index (χ1) is 8.56. The van der Waals surface area contributed by atoms with Crippen molar-refractivity contribution in [2.75, 3.05) is 0 Å². The zero-order chi connectivity index (χ0) is 13.1. The van der Waals surface area contributed by atoms with E-state index in [4.69, 9.17) is 5.11 Å². The van der Waals surface area contributed by atoms with Crippen molar-refractivity contribution in [1.29, 1.82) is 0 Å². The summed E-state index contributed by atoms with van der Waals surface area (Å²) in [5.41, 5.74) is 0.672. The van der Waals surface area contributed by atoms with Crippen molar-refractivity contribution in [2.45, 2.75) is 25.8 Å². The van der Waals surface area contributed by atoms with Crippen molar-refractivity contribution < 1.29 is 14.7 Å². The molecule has 1 amide bonds. The van der Waals surface area contributed by atoms with Gasteiger partial charge in [-0.1, -0.05) is 11.3 Å². The summed E-state index contributed by atoms with van der Waals surface area (Å²) < 4.78 is 0. The molecule has 0 bridgehead atoms. The number of carboxylic acid groups (broad SMARTS) is 1. The number of aromatic nitrogens is 1. The minimum Gasteiger partial charge on any atom is -0.481 e. The van der Waals surface area contributed by atoms with Crippen LogP contribution in [0.15, 0.2) is 10.2 Å². The summed E-state index contributed by atoms with van der Waals surface area (Å²) in [6.45, 7) is 0.284. The number of thiazole rings is 1. The number of H-pyrrole nitrogens is 1. The minimum atomic E-state index is -0.826. The van der Waals surface area contributed by atoms with Gasteiger partial charge in [0.2, 0.25) is 5.91 Å². The van der Waals surface area contributed by atoms with Gasteiger partial charge in [-0.2, -0.15) is 0 Å².